The van der Waals surface area contributed by atoms with E-state index in [-0.39, 0.29) is 11.7 Å². The second-order valence-corrected chi connectivity index (χ2v) is 9.01. The molecular formula is C24H19N5O2S2. The van der Waals surface area contributed by atoms with Crippen molar-refractivity contribution in [1.29, 1.82) is 0 Å². The summed E-state index contributed by atoms with van der Waals surface area (Å²) in [5.41, 5.74) is 2.71. The first-order chi connectivity index (χ1) is 16.2. The van der Waals surface area contributed by atoms with Crippen LogP contribution in [0.3, 0.4) is 0 Å². The number of hydrogen-bond acceptors (Lipinski definition) is 7. The second kappa shape index (κ2) is 9.43. The molecule has 0 unspecified atom stereocenters. The van der Waals surface area contributed by atoms with Gasteiger partial charge in [0.2, 0.25) is 5.91 Å². The number of para-hydroxylation sites is 1. The van der Waals surface area contributed by atoms with Crippen molar-refractivity contribution in [3.05, 3.63) is 78.9 Å². The SMILES string of the molecule is COc1ccc2nc(NC(=O)CSc3nnc(-c4ccccc4)n3-c3ccccc3)sc2c1. The van der Waals surface area contributed by atoms with Gasteiger partial charge in [-0.15, -0.1) is 10.2 Å². The number of amides is 1. The third kappa shape index (κ3) is 4.59. The van der Waals surface area contributed by atoms with Gasteiger partial charge in [-0.05, 0) is 30.3 Å². The molecule has 0 fully saturated rings. The minimum atomic E-state index is -0.158. The highest BCUT2D eigenvalue weighted by atomic mass is 32.2. The molecule has 3 aromatic carbocycles. The Kier molecular flexibility index (Phi) is 6.05. The summed E-state index contributed by atoms with van der Waals surface area (Å²) < 4.78 is 8.18. The van der Waals surface area contributed by atoms with E-state index in [4.69, 9.17) is 4.74 Å². The van der Waals surface area contributed by atoms with E-state index in [0.29, 0.717) is 10.3 Å². The summed E-state index contributed by atoms with van der Waals surface area (Å²) >= 11 is 2.74. The molecular weight excluding hydrogens is 454 g/mol. The normalized spacial score (nSPS) is 10.9. The fraction of sp³-hybridized carbons (Fsp3) is 0.0833. The van der Waals surface area contributed by atoms with Crippen molar-refractivity contribution >= 4 is 44.4 Å². The lowest BCUT2D eigenvalue weighted by Crippen LogP contribution is -2.14. The number of carbonyl (C=O) groups excluding carboxylic acids is 1. The molecule has 0 bridgehead atoms. The number of carbonyl (C=O) groups is 1. The van der Waals surface area contributed by atoms with Crippen LogP contribution in [0.4, 0.5) is 5.13 Å². The van der Waals surface area contributed by atoms with Gasteiger partial charge < -0.3 is 10.1 Å². The third-order valence-corrected chi connectivity index (χ3v) is 6.72. The van der Waals surface area contributed by atoms with Crippen LogP contribution in [-0.4, -0.2) is 38.5 Å². The molecule has 0 spiro atoms. The van der Waals surface area contributed by atoms with E-state index in [0.717, 1.165) is 33.0 Å². The van der Waals surface area contributed by atoms with Crippen molar-refractivity contribution in [1.82, 2.24) is 19.7 Å². The first-order valence-corrected chi connectivity index (χ1v) is 11.9. The molecule has 0 saturated carbocycles. The van der Waals surface area contributed by atoms with Gasteiger partial charge in [0.25, 0.3) is 0 Å². The van der Waals surface area contributed by atoms with Gasteiger partial charge in [-0.1, -0.05) is 71.6 Å². The van der Waals surface area contributed by atoms with Gasteiger partial charge in [0.1, 0.15) is 5.75 Å². The molecule has 0 aliphatic rings. The zero-order valence-corrected chi connectivity index (χ0v) is 19.3. The van der Waals surface area contributed by atoms with Crippen molar-refractivity contribution < 1.29 is 9.53 Å². The van der Waals surface area contributed by atoms with Crippen LogP contribution >= 0.6 is 23.1 Å². The Balaban J connectivity index is 1.35. The van der Waals surface area contributed by atoms with Crippen molar-refractivity contribution in [2.45, 2.75) is 5.16 Å². The summed E-state index contributed by atoms with van der Waals surface area (Å²) in [7, 11) is 1.62. The predicted octanol–water partition coefficient (Wildman–Crippen LogP) is 5.28. The predicted molar refractivity (Wildman–Crippen MR) is 132 cm³/mol. The van der Waals surface area contributed by atoms with Crippen LogP contribution in [0.5, 0.6) is 5.75 Å². The number of anilines is 1. The number of benzene rings is 3. The van der Waals surface area contributed by atoms with Crippen LogP contribution in [0.1, 0.15) is 0 Å². The topological polar surface area (TPSA) is 81.9 Å². The Bertz CT molecular complexity index is 1400. The highest BCUT2D eigenvalue weighted by Crippen LogP contribution is 2.30. The van der Waals surface area contributed by atoms with Gasteiger partial charge in [-0.25, -0.2) is 4.98 Å². The Hall–Kier alpha value is -3.69. The molecule has 2 heterocycles. The quantitative estimate of drug-likeness (QED) is 0.324. The first-order valence-electron chi connectivity index (χ1n) is 10.1. The standard InChI is InChI=1S/C24H19N5O2S2/c1-31-18-12-13-19-20(14-18)33-23(25-19)26-21(30)15-32-24-28-27-22(16-8-4-2-5-9-16)29(24)17-10-6-3-7-11-17/h2-14H,15H2,1H3,(H,25,26,30). The van der Waals surface area contributed by atoms with Gasteiger partial charge in [0, 0.05) is 11.3 Å². The molecule has 7 nitrogen and oxygen atoms in total. The molecule has 0 aliphatic carbocycles. The monoisotopic (exact) mass is 473 g/mol. The second-order valence-electron chi connectivity index (χ2n) is 7.03. The van der Waals surface area contributed by atoms with Gasteiger partial charge in [0.05, 0.1) is 23.1 Å². The minimum Gasteiger partial charge on any atom is -0.497 e. The summed E-state index contributed by atoms with van der Waals surface area (Å²) in [4.78, 5) is 17.1. The number of hydrogen-bond donors (Lipinski definition) is 1. The van der Waals surface area contributed by atoms with Gasteiger partial charge in [0.15, 0.2) is 16.1 Å². The maximum atomic E-state index is 12.7. The Morgan fingerprint density at radius 1 is 1.03 bits per heavy atom. The summed E-state index contributed by atoms with van der Waals surface area (Å²) in [6.45, 7) is 0. The van der Waals surface area contributed by atoms with Crippen LogP contribution in [-0.2, 0) is 4.79 Å². The van der Waals surface area contributed by atoms with Crippen molar-refractivity contribution in [3.8, 4) is 22.8 Å². The van der Waals surface area contributed by atoms with Crippen LogP contribution in [0.2, 0.25) is 0 Å². The fourth-order valence-electron chi connectivity index (χ4n) is 3.32. The van der Waals surface area contributed by atoms with Gasteiger partial charge in [-0.3, -0.25) is 9.36 Å². The smallest absolute Gasteiger partial charge is 0.236 e. The van der Waals surface area contributed by atoms with Crippen LogP contribution in [0.25, 0.3) is 27.3 Å². The average Bonchev–Trinajstić information content (AvgIpc) is 3.46. The highest BCUT2D eigenvalue weighted by molar-refractivity contribution is 7.99. The Labute approximate surface area is 198 Å². The number of fused-ring (bicyclic) bond motifs is 1. The zero-order valence-electron chi connectivity index (χ0n) is 17.6. The van der Waals surface area contributed by atoms with E-state index in [9.17, 15) is 4.79 Å². The molecule has 2 aromatic heterocycles. The maximum Gasteiger partial charge on any atom is 0.236 e. The third-order valence-electron chi connectivity index (χ3n) is 4.85. The largest absolute Gasteiger partial charge is 0.497 e. The lowest BCUT2D eigenvalue weighted by molar-refractivity contribution is -0.113. The average molecular weight is 474 g/mol. The maximum absolute atomic E-state index is 12.7. The highest BCUT2D eigenvalue weighted by Gasteiger charge is 2.17. The van der Waals surface area contributed by atoms with E-state index in [1.165, 1.54) is 23.1 Å². The number of ether oxygens (including phenoxy) is 1. The molecule has 0 radical (unpaired) electrons. The van der Waals surface area contributed by atoms with E-state index in [1.54, 1.807) is 7.11 Å². The zero-order chi connectivity index (χ0) is 22.6. The Morgan fingerprint density at radius 2 is 1.79 bits per heavy atom. The van der Waals surface area contributed by atoms with Crippen molar-refractivity contribution in [2.75, 3.05) is 18.2 Å². The molecule has 1 amide bonds. The lowest BCUT2D eigenvalue weighted by Gasteiger charge is -2.10. The van der Waals surface area contributed by atoms with E-state index in [2.05, 4.69) is 20.5 Å². The number of thioether (sulfide) groups is 1. The first kappa shape index (κ1) is 21.2. The molecule has 5 rings (SSSR count). The number of rotatable bonds is 7. The summed E-state index contributed by atoms with van der Waals surface area (Å²) in [5, 5.41) is 12.9. The van der Waals surface area contributed by atoms with Crippen molar-refractivity contribution in [3.63, 3.8) is 0 Å². The molecule has 164 valence electrons. The van der Waals surface area contributed by atoms with E-state index >= 15 is 0 Å². The van der Waals surface area contributed by atoms with Crippen LogP contribution < -0.4 is 10.1 Å². The Morgan fingerprint density at radius 3 is 2.55 bits per heavy atom. The van der Waals surface area contributed by atoms with Crippen LogP contribution in [0, 0.1) is 0 Å². The molecule has 0 aliphatic heterocycles. The van der Waals surface area contributed by atoms with Gasteiger partial charge in [-0.2, -0.15) is 0 Å². The summed E-state index contributed by atoms with van der Waals surface area (Å²) in [6.07, 6.45) is 0. The number of nitrogens with zero attached hydrogens (tertiary/aromatic N) is 4. The fourth-order valence-corrected chi connectivity index (χ4v) is 4.98. The number of methoxy groups -OCH3 is 1. The number of thiazole rings is 1. The lowest BCUT2D eigenvalue weighted by atomic mass is 10.2. The number of aromatic nitrogens is 4. The van der Waals surface area contributed by atoms with Gasteiger partial charge >= 0.3 is 0 Å². The number of nitrogens with one attached hydrogen (secondary N) is 1. The molecule has 9 heteroatoms. The molecule has 33 heavy (non-hydrogen) atoms. The van der Waals surface area contributed by atoms with Crippen molar-refractivity contribution in [2.24, 2.45) is 0 Å². The summed E-state index contributed by atoms with van der Waals surface area (Å²) in [6, 6.07) is 25.4. The summed E-state index contributed by atoms with van der Waals surface area (Å²) in [5.74, 6) is 1.51. The van der Waals surface area contributed by atoms with Crippen LogP contribution in [0.15, 0.2) is 84.0 Å². The molecule has 5 aromatic rings. The van der Waals surface area contributed by atoms with E-state index in [1.807, 2.05) is 83.4 Å². The molecule has 0 saturated heterocycles. The molecule has 0 atom stereocenters. The minimum absolute atomic E-state index is 0.158. The van der Waals surface area contributed by atoms with E-state index < -0.39 is 0 Å². The molecule has 1 N–H and O–H groups in total.